The van der Waals surface area contributed by atoms with Crippen molar-refractivity contribution in [3.05, 3.63) is 248 Å². The van der Waals surface area contributed by atoms with Crippen molar-refractivity contribution in [1.29, 1.82) is 5.26 Å². The van der Waals surface area contributed by atoms with E-state index in [1.54, 1.807) is 0 Å². The molecule has 0 unspecified atom stereocenters. The predicted octanol–water partition coefficient (Wildman–Crippen LogP) is 15.6. The molecule has 342 valence electrons. The van der Waals surface area contributed by atoms with Crippen molar-refractivity contribution in [3.8, 4) is 45.9 Å². The van der Waals surface area contributed by atoms with E-state index in [0.29, 0.717) is 29.8 Å². The Hall–Kier alpha value is -10.1. The second-order valence-electron chi connectivity index (χ2n) is 18.4. The van der Waals surface area contributed by atoms with Crippen molar-refractivity contribution < 1.29 is 0 Å². The average Bonchev–Trinajstić information content (AvgIpc) is 4.11. The lowest BCUT2D eigenvalue weighted by Crippen LogP contribution is -2.22. The summed E-state index contributed by atoms with van der Waals surface area (Å²) in [6.07, 6.45) is 8.31. The topological polar surface area (TPSA) is 80.5 Å². The molecule has 1 aliphatic rings. The number of allylic oxidation sites excluding steroid dienone is 4. The van der Waals surface area contributed by atoms with E-state index >= 15 is 0 Å². The first-order valence-electron chi connectivity index (χ1n) is 24.4. The number of anilines is 2. The van der Waals surface area contributed by atoms with Crippen molar-refractivity contribution in [2.24, 2.45) is 0 Å². The van der Waals surface area contributed by atoms with Crippen LogP contribution in [0.3, 0.4) is 0 Å². The molecule has 13 aromatic rings. The van der Waals surface area contributed by atoms with Crippen LogP contribution in [0.15, 0.2) is 237 Å². The fraction of sp³-hybridized carbons (Fsp3) is 0.0154. The number of hydrogen-bond acceptors (Lipinski definition) is 5. The van der Waals surface area contributed by atoms with Crippen molar-refractivity contribution in [3.63, 3.8) is 0 Å². The standard InChI is InChI=1S/C65H42N8/c1-42-15-3-2-14-38-70(56-36-34-47(39-54(42)56)71-57-21-9-4-16-49(57)50-17-5-10-22-58(50)71)64-67-63(46-32-30-45(31-33-46)44-28-26-43(41-66)27-29-44)68-65(69-64)73-61-25-13-8-20-53(61)55-40-48(35-37-62(55)73)72-59-23-11-6-18-51(59)52-19-7-12-24-60(52)72/h2-37,39-40H,1,38H2/b14-2-,15-3-. The van der Waals surface area contributed by atoms with Crippen molar-refractivity contribution in [1.82, 2.24) is 28.7 Å². The van der Waals surface area contributed by atoms with E-state index in [9.17, 15) is 5.26 Å². The van der Waals surface area contributed by atoms with E-state index in [1.807, 2.05) is 30.3 Å². The summed E-state index contributed by atoms with van der Waals surface area (Å²) in [7, 11) is 0. The van der Waals surface area contributed by atoms with Gasteiger partial charge in [-0.1, -0.05) is 158 Å². The van der Waals surface area contributed by atoms with Gasteiger partial charge in [-0.05, 0) is 95.6 Å². The molecule has 5 heterocycles. The fourth-order valence-electron chi connectivity index (χ4n) is 10.9. The Morgan fingerprint density at radius 3 is 1.47 bits per heavy atom. The zero-order valence-electron chi connectivity index (χ0n) is 39.4. The summed E-state index contributed by atoms with van der Waals surface area (Å²) in [4.78, 5) is 18.4. The number of rotatable bonds is 6. The van der Waals surface area contributed by atoms with Gasteiger partial charge in [-0.25, -0.2) is 0 Å². The molecule has 0 radical (unpaired) electrons. The van der Waals surface area contributed by atoms with Crippen LogP contribution in [0.1, 0.15) is 11.1 Å². The van der Waals surface area contributed by atoms with Gasteiger partial charge in [0.1, 0.15) is 0 Å². The summed E-state index contributed by atoms with van der Waals surface area (Å²) in [5.74, 6) is 1.52. The highest BCUT2D eigenvalue weighted by molar-refractivity contribution is 6.12. The summed E-state index contributed by atoms with van der Waals surface area (Å²) in [5, 5.41) is 16.5. The number of aromatic nitrogens is 6. The molecule has 0 aliphatic carbocycles. The largest absolute Gasteiger partial charge is 0.309 e. The maximum atomic E-state index is 9.45. The summed E-state index contributed by atoms with van der Waals surface area (Å²) in [6.45, 7) is 5.12. The summed E-state index contributed by atoms with van der Waals surface area (Å²) < 4.78 is 6.88. The third-order valence-electron chi connectivity index (χ3n) is 14.3. The highest BCUT2D eigenvalue weighted by Gasteiger charge is 2.24. The van der Waals surface area contributed by atoms with Gasteiger partial charge in [-0.3, -0.25) is 4.57 Å². The molecule has 0 N–H and O–H groups in total. The predicted molar refractivity (Wildman–Crippen MR) is 299 cm³/mol. The van der Waals surface area contributed by atoms with E-state index < -0.39 is 0 Å². The lowest BCUT2D eigenvalue weighted by atomic mass is 10.0. The molecule has 1 aliphatic heterocycles. The first-order valence-corrected chi connectivity index (χ1v) is 24.4. The van der Waals surface area contributed by atoms with E-state index in [0.717, 1.165) is 88.8 Å². The maximum Gasteiger partial charge on any atom is 0.240 e. The molecule has 0 saturated heterocycles. The molecule has 8 nitrogen and oxygen atoms in total. The minimum Gasteiger partial charge on any atom is -0.309 e. The summed E-state index contributed by atoms with van der Waals surface area (Å²) >= 11 is 0. The van der Waals surface area contributed by atoms with Gasteiger partial charge in [0.2, 0.25) is 11.9 Å². The summed E-state index contributed by atoms with van der Waals surface area (Å²) in [5.41, 5.74) is 14.9. The number of nitrogens with zero attached hydrogens (tertiary/aromatic N) is 8. The second-order valence-corrected chi connectivity index (χ2v) is 18.4. The molecule has 0 bridgehead atoms. The quantitative estimate of drug-likeness (QED) is 0.166. The fourth-order valence-corrected chi connectivity index (χ4v) is 10.9. The van der Waals surface area contributed by atoms with Crippen molar-refractivity contribution in [2.45, 2.75) is 0 Å². The van der Waals surface area contributed by atoms with Gasteiger partial charge in [0.05, 0.1) is 50.4 Å². The molecule has 73 heavy (non-hydrogen) atoms. The lowest BCUT2D eigenvalue weighted by Gasteiger charge is -2.26. The normalized spacial score (nSPS) is 13.6. The van der Waals surface area contributed by atoms with E-state index in [2.05, 4.69) is 231 Å². The molecule has 8 heteroatoms. The van der Waals surface area contributed by atoms with Gasteiger partial charge in [0.15, 0.2) is 5.82 Å². The Morgan fingerprint density at radius 2 is 0.890 bits per heavy atom. The zero-order chi connectivity index (χ0) is 48.6. The maximum absolute atomic E-state index is 9.45. The lowest BCUT2D eigenvalue weighted by molar-refractivity contribution is 0.904. The Morgan fingerprint density at radius 1 is 0.425 bits per heavy atom. The number of nitriles is 1. The van der Waals surface area contributed by atoms with Gasteiger partial charge in [0.25, 0.3) is 0 Å². The van der Waals surface area contributed by atoms with Crippen LogP contribution in [0.5, 0.6) is 0 Å². The molecular weight excluding hydrogens is 893 g/mol. The molecule has 0 amide bonds. The van der Waals surface area contributed by atoms with E-state index in [1.165, 1.54) is 21.5 Å². The Bertz CT molecular complexity index is 4390. The molecule has 9 aromatic carbocycles. The Kier molecular flexibility index (Phi) is 9.63. The zero-order valence-corrected chi connectivity index (χ0v) is 39.4. The van der Waals surface area contributed by atoms with Gasteiger partial charge in [-0.15, -0.1) is 0 Å². The smallest absolute Gasteiger partial charge is 0.240 e. The number of benzene rings is 9. The first-order chi connectivity index (χ1) is 36.1. The Balaban J connectivity index is 0.974. The second kappa shape index (κ2) is 16.8. The van der Waals surface area contributed by atoms with Crippen molar-refractivity contribution in [2.75, 3.05) is 11.4 Å². The van der Waals surface area contributed by atoms with Crippen molar-refractivity contribution >= 4 is 82.6 Å². The average molecular weight is 935 g/mol. The molecule has 0 saturated carbocycles. The van der Waals surface area contributed by atoms with Gasteiger partial charge in [0, 0.05) is 61.4 Å². The van der Waals surface area contributed by atoms with Crippen LogP contribution >= 0.6 is 0 Å². The third-order valence-corrected chi connectivity index (χ3v) is 14.3. The SMILES string of the molecule is C=C1/C=C\C=C/CN(c2nc(-c3ccc(-c4ccc(C#N)cc4)cc3)nc(-n3c4ccccc4c4cc(-n5c6ccccc6c6ccccc65)ccc43)n2)c2ccc(-n3c4ccccc4c4ccccc43)cc21. The van der Waals surface area contributed by atoms with Crippen LogP contribution in [0.25, 0.3) is 111 Å². The monoisotopic (exact) mass is 934 g/mol. The highest BCUT2D eigenvalue weighted by Crippen LogP contribution is 2.40. The highest BCUT2D eigenvalue weighted by atomic mass is 15.3. The van der Waals surface area contributed by atoms with Crippen LogP contribution in [0.4, 0.5) is 11.6 Å². The third kappa shape index (κ3) is 6.79. The molecule has 0 fully saturated rings. The minimum absolute atomic E-state index is 0.481. The van der Waals surface area contributed by atoms with Crippen LogP contribution in [-0.4, -0.2) is 35.2 Å². The Labute approximate surface area is 420 Å². The molecule has 4 aromatic heterocycles. The van der Waals surface area contributed by atoms with Crippen LogP contribution in [-0.2, 0) is 0 Å². The van der Waals surface area contributed by atoms with Gasteiger partial charge in [-0.2, -0.15) is 20.2 Å². The van der Waals surface area contributed by atoms with Crippen LogP contribution < -0.4 is 4.90 Å². The van der Waals surface area contributed by atoms with Crippen LogP contribution in [0.2, 0.25) is 0 Å². The van der Waals surface area contributed by atoms with Gasteiger partial charge >= 0.3 is 0 Å². The first kappa shape index (κ1) is 41.8. The van der Waals surface area contributed by atoms with E-state index in [-0.39, 0.29) is 0 Å². The van der Waals surface area contributed by atoms with E-state index in [4.69, 9.17) is 15.0 Å². The molecule has 0 spiro atoms. The molecule has 0 atom stereocenters. The van der Waals surface area contributed by atoms with Gasteiger partial charge < -0.3 is 14.0 Å². The number of hydrogen-bond donors (Lipinski definition) is 0. The number of para-hydroxylation sites is 5. The molecular formula is C65H42N8. The summed E-state index contributed by atoms with van der Waals surface area (Å²) in [6, 6.07) is 74.4. The molecule has 14 rings (SSSR count). The van der Waals surface area contributed by atoms with Crippen LogP contribution in [0, 0.1) is 11.3 Å². The number of fused-ring (bicyclic) bond motifs is 10. The minimum atomic E-state index is 0.481.